The van der Waals surface area contributed by atoms with E-state index in [4.69, 9.17) is 10.2 Å². The maximum atomic E-state index is 11.1. The second-order valence-corrected chi connectivity index (χ2v) is 3.60. The van der Waals surface area contributed by atoms with Crippen molar-refractivity contribution in [3.8, 4) is 11.8 Å². The Morgan fingerprint density at radius 3 is 2.61 bits per heavy atom. The van der Waals surface area contributed by atoms with Crippen LogP contribution in [0.2, 0.25) is 0 Å². The van der Waals surface area contributed by atoms with Crippen LogP contribution in [-0.4, -0.2) is 27.1 Å². The number of fused-ring (bicyclic) bond motifs is 1. The first kappa shape index (κ1) is 11.7. The second-order valence-electron chi connectivity index (χ2n) is 3.60. The van der Waals surface area contributed by atoms with Gasteiger partial charge in [0, 0.05) is 10.9 Å². The zero-order valence-corrected chi connectivity index (χ0v) is 9.23. The summed E-state index contributed by atoms with van der Waals surface area (Å²) in [4.78, 5) is 24.2. The number of aromatic carboxylic acids is 1. The number of H-pyrrole nitrogens is 1. The first-order valence-electron chi connectivity index (χ1n) is 5.14. The SMILES string of the molecule is O=C(O)CC#Cc1c(C(=O)O)[nH]c2ccccc12. The Balaban J connectivity index is 2.57. The number of para-hydroxylation sites is 1. The highest BCUT2D eigenvalue weighted by Crippen LogP contribution is 2.21. The van der Waals surface area contributed by atoms with Crippen molar-refractivity contribution in [1.82, 2.24) is 4.98 Å². The third-order valence-corrected chi connectivity index (χ3v) is 2.37. The molecule has 0 atom stereocenters. The van der Waals surface area contributed by atoms with E-state index in [9.17, 15) is 9.59 Å². The molecule has 0 saturated carbocycles. The van der Waals surface area contributed by atoms with Gasteiger partial charge in [-0.15, -0.1) is 0 Å². The summed E-state index contributed by atoms with van der Waals surface area (Å²) in [6.45, 7) is 0. The number of aromatic amines is 1. The minimum Gasteiger partial charge on any atom is -0.481 e. The van der Waals surface area contributed by atoms with Gasteiger partial charge >= 0.3 is 11.9 Å². The van der Waals surface area contributed by atoms with E-state index >= 15 is 0 Å². The van der Waals surface area contributed by atoms with Gasteiger partial charge in [-0.1, -0.05) is 30.0 Å². The Kier molecular flexibility index (Phi) is 3.02. The molecule has 0 saturated heterocycles. The van der Waals surface area contributed by atoms with E-state index in [1.165, 1.54) is 0 Å². The summed E-state index contributed by atoms with van der Waals surface area (Å²) in [6, 6.07) is 7.02. The molecular weight excluding hydrogens is 234 g/mol. The van der Waals surface area contributed by atoms with Crippen LogP contribution < -0.4 is 0 Å². The number of aliphatic carboxylic acids is 1. The minimum absolute atomic E-state index is 0.0194. The number of aromatic nitrogens is 1. The fourth-order valence-electron chi connectivity index (χ4n) is 1.64. The monoisotopic (exact) mass is 243 g/mol. The van der Waals surface area contributed by atoms with Crippen molar-refractivity contribution < 1.29 is 19.8 Å². The molecule has 0 fully saturated rings. The zero-order valence-electron chi connectivity index (χ0n) is 9.23. The Morgan fingerprint density at radius 2 is 1.94 bits per heavy atom. The summed E-state index contributed by atoms with van der Waals surface area (Å²) in [7, 11) is 0. The van der Waals surface area contributed by atoms with Crippen molar-refractivity contribution >= 4 is 22.8 Å². The molecule has 5 heteroatoms. The Hall–Kier alpha value is -2.74. The predicted molar refractivity (Wildman–Crippen MR) is 64.4 cm³/mol. The highest BCUT2D eigenvalue weighted by molar-refractivity contribution is 5.99. The normalized spacial score (nSPS) is 9.78. The smallest absolute Gasteiger partial charge is 0.353 e. The van der Waals surface area contributed by atoms with Gasteiger partial charge in [0.2, 0.25) is 0 Å². The highest BCUT2D eigenvalue weighted by Gasteiger charge is 2.14. The molecule has 0 aliphatic rings. The molecule has 5 nitrogen and oxygen atoms in total. The van der Waals surface area contributed by atoms with Crippen LogP contribution in [0.5, 0.6) is 0 Å². The summed E-state index contributed by atoms with van der Waals surface area (Å²) in [6.07, 6.45) is -0.321. The van der Waals surface area contributed by atoms with Crippen molar-refractivity contribution in [2.75, 3.05) is 0 Å². The topological polar surface area (TPSA) is 90.4 Å². The molecular formula is C13H9NO4. The summed E-state index contributed by atoms with van der Waals surface area (Å²) in [5, 5.41) is 18.2. The average Bonchev–Trinajstić information content (AvgIpc) is 2.68. The van der Waals surface area contributed by atoms with E-state index in [-0.39, 0.29) is 12.1 Å². The van der Waals surface area contributed by atoms with Crippen molar-refractivity contribution in [3.05, 3.63) is 35.5 Å². The van der Waals surface area contributed by atoms with Gasteiger partial charge in [0.15, 0.2) is 0 Å². The molecule has 1 aromatic carbocycles. The fraction of sp³-hybridized carbons (Fsp3) is 0.0769. The first-order valence-corrected chi connectivity index (χ1v) is 5.14. The van der Waals surface area contributed by atoms with Crippen LogP contribution in [0.4, 0.5) is 0 Å². The third-order valence-electron chi connectivity index (χ3n) is 2.37. The number of rotatable bonds is 2. The van der Waals surface area contributed by atoms with E-state index in [0.717, 1.165) is 0 Å². The van der Waals surface area contributed by atoms with E-state index in [1.807, 2.05) is 0 Å². The molecule has 18 heavy (non-hydrogen) atoms. The lowest BCUT2D eigenvalue weighted by Crippen LogP contribution is -1.99. The Bertz CT molecular complexity index is 688. The quantitative estimate of drug-likeness (QED) is 0.700. The van der Waals surface area contributed by atoms with Gasteiger partial charge < -0.3 is 15.2 Å². The van der Waals surface area contributed by atoms with Crippen LogP contribution in [0.3, 0.4) is 0 Å². The van der Waals surface area contributed by atoms with Crippen LogP contribution in [0.15, 0.2) is 24.3 Å². The molecule has 0 amide bonds. The van der Waals surface area contributed by atoms with E-state index in [0.29, 0.717) is 16.5 Å². The van der Waals surface area contributed by atoms with Crippen LogP contribution >= 0.6 is 0 Å². The largest absolute Gasteiger partial charge is 0.481 e. The van der Waals surface area contributed by atoms with Gasteiger partial charge in [-0.3, -0.25) is 4.79 Å². The standard InChI is InChI=1S/C13H9NO4/c15-11(16)7-3-5-9-8-4-1-2-6-10(8)14-12(9)13(17)18/h1-2,4,6,14H,7H2,(H,15,16)(H,17,18). The van der Waals surface area contributed by atoms with E-state index in [1.54, 1.807) is 24.3 Å². The molecule has 1 aromatic heterocycles. The fourth-order valence-corrected chi connectivity index (χ4v) is 1.64. The van der Waals surface area contributed by atoms with Crippen LogP contribution in [0, 0.1) is 11.8 Å². The highest BCUT2D eigenvalue weighted by atomic mass is 16.4. The minimum atomic E-state index is -1.12. The first-order chi connectivity index (χ1) is 8.59. The molecule has 90 valence electrons. The number of hydrogen-bond donors (Lipinski definition) is 3. The Morgan fingerprint density at radius 1 is 1.22 bits per heavy atom. The lowest BCUT2D eigenvalue weighted by molar-refractivity contribution is -0.135. The van der Waals surface area contributed by atoms with E-state index in [2.05, 4.69) is 16.8 Å². The number of hydrogen-bond acceptors (Lipinski definition) is 2. The summed E-state index contributed by atoms with van der Waals surface area (Å²) < 4.78 is 0. The molecule has 0 bridgehead atoms. The molecule has 3 N–H and O–H groups in total. The van der Waals surface area contributed by atoms with Crippen LogP contribution in [-0.2, 0) is 4.79 Å². The second kappa shape index (κ2) is 4.63. The summed E-state index contributed by atoms with van der Waals surface area (Å²) in [5.41, 5.74) is 0.961. The van der Waals surface area contributed by atoms with Crippen molar-refractivity contribution in [3.63, 3.8) is 0 Å². The molecule has 1 heterocycles. The van der Waals surface area contributed by atoms with Gasteiger partial charge in [0.25, 0.3) is 0 Å². The zero-order chi connectivity index (χ0) is 13.1. The van der Waals surface area contributed by atoms with Crippen molar-refractivity contribution in [1.29, 1.82) is 0 Å². The lowest BCUT2D eigenvalue weighted by Gasteiger charge is -1.90. The molecule has 0 radical (unpaired) electrons. The van der Waals surface area contributed by atoms with Gasteiger partial charge in [0.05, 0.1) is 5.56 Å². The molecule has 0 unspecified atom stereocenters. The average molecular weight is 243 g/mol. The van der Waals surface area contributed by atoms with Gasteiger partial charge in [0.1, 0.15) is 12.1 Å². The van der Waals surface area contributed by atoms with E-state index < -0.39 is 11.9 Å². The van der Waals surface area contributed by atoms with Crippen LogP contribution in [0.25, 0.3) is 10.9 Å². The van der Waals surface area contributed by atoms with Gasteiger partial charge in [-0.25, -0.2) is 4.79 Å². The lowest BCUT2D eigenvalue weighted by atomic mass is 10.1. The number of benzene rings is 1. The Labute approximate surface area is 102 Å². The molecule has 0 aliphatic heterocycles. The number of nitrogens with one attached hydrogen (secondary N) is 1. The predicted octanol–water partition coefficient (Wildman–Crippen LogP) is 1.69. The molecule has 2 aromatic rings. The third kappa shape index (κ3) is 2.18. The van der Waals surface area contributed by atoms with Gasteiger partial charge in [-0.05, 0) is 6.07 Å². The van der Waals surface area contributed by atoms with Crippen molar-refractivity contribution in [2.45, 2.75) is 6.42 Å². The maximum Gasteiger partial charge on any atom is 0.353 e. The number of carboxylic acids is 2. The summed E-state index contributed by atoms with van der Waals surface area (Å²) >= 11 is 0. The maximum absolute atomic E-state index is 11.1. The summed E-state index contributed by atoms with van der Waals surface area (Å²) in [5.74, 6) is 2.89. The molecule has 0 aliphatic carbocycles. The van der Waals surface area contributed by atoms with Crippen molar-refractivity contribution in [2.24, 2.45) is 0 Å². The van der Waals surface area contributed by atoms with Gasteiger partial charge in [-0.2, -0.15) is 0 Å². The molecule has 2 rings (SSSR count). The number of carboxylic acid groups (broad SMARTS) is 2. The molecule has 0 spiro atoms. The van der Waals surface area contributed by atoms with Crippen LogP contribution in [0.1, 0.15) is 22.5 Å². The number of carbonyl (C=O) groups is 2.